The second kappa shape index (κ2) is 9.81. The fraction of sp³-hybridized carbons (Fsp3) is 0. The summed E-state index contributed by atoms with van der Waals surface area (Å²) < 4.78 is 2.25. The highest BCUT2D eigenvalue weighted by Crippen LogP contribution is 2.30. The lowest BCUT2D eigenvalue weighted by Gasteiger charge is -2.34. The van der Waals surface area contributed by atoms with Crippen LogP contribution in [-0.2, 0) is 0 Å². The molecule has 0 saturated heterocycles. The summed E-state index contributed by atoms with van der Waals surface area (Å²) >= 11 is 0. The van der Waals surface area contributed by atoms with E-state index in [1.807, 2.05) is 30.5 Å². The predicted octanol–water partition coefficient (Wildman–Crippen LogP) is 5.43. The molecule has 7 rings (SSSR count). The minimum absolute atomic E-state index is 0.667. The molecule has 0 aliphatic heterocycles. The Balaban J connectivity index is 1.60. The molecule has 7 aromatic rings. The van der Waals surface area contributed by atoms with Crippen molar-refractivity contribution in [2.24, 2.45) is 0 Å². The number of hydrogen-bond acceptors (Lipinski definition) is 2. The largest absolute Gasteiger partial charge is 0.294 e. The Bertz CT molecular complexity index is 1950. The molecule has 0 radical (unpaired) electrons. The van der Waals surface area contributed by atoms with Crippen molar-refractivity contribution < 1.29 is 0 Å². The van der Waals surface area contributed by atoms with Crippen LogP contribution >= 0.6 is 0 Å². The van der Waals surface area contributed by atoms with Crippen molar-refractivity contribution in [1.82, 2.24) is 9.55 Å². The lowest BCUT2D eigenvalue weighted by atomic mass is 10.2. The highest BCUT2D eigenvalue weighted by Gasteiger charge is 2.41. The molecule has 0 bridgehead atoms. The lowest BCUT2D eigenvalue weighted by molar-refractivity contribution is 1.14. The van der Waals surface area contributed by atoms with Gasteiger partial charge in [-0.25, -0.2) is 4.98 Å². The number of benzene rings is 5. The first-order valence-electron chi connectivity index (χ1n) is 13.4. The predicted molar refractivity (Wildman–Crippen MR) is 167 cm³/mol. The van der Waals surface area contributed by atoms with E-state index in [0.29, 0.717) is 5.56 Å². The van der Waals surface area contributed by atoms with Gasteiger partial charge in [0.15, 0.2) is 8.07 Å². The molecule has 188 valence electrons. The molecule has 0 aliphatic carbocycles. The maximum atomic E-state index is 9.55. The van der Waals surface area contributed by atoms with E-state index < -0.39 is 8.07 Å². The third-order valence-corrected chi connectivity index (χ3v) is 12.6. The van der Waals surface area contributed by atoms with Crippen LogP contribution in [0.4, 0.5) is 0 Å². The molecule has 0 fully saturated rings. The molecule has 0 saturated carbocycles. The average Bonchev–Trinajstić information content (AvgIpc) is 3.37. The minimum atomic E-state index is -2.75. The van der Waals surface area contributed by atoms with Crippen LogP contribution in [0.1, 0.15) is 5.56 Å². The second-order valence-corrected chi connectivity index (χ2v) is 13.8. The number of aromatic nitrogens is 2. The smallest absolute Gasteiger partial charge is 0.179 e. The molecule has 40 heavy (non-hydrogen) atoms. The van der Waals surface area contributed by atoms with E-state index in [-0.39, 0.29) is 0 Å². The zero-order valence-electron chi connectivity index (χ0n) is 21.8. The normalized spacial score (nSPS) is 11.5. The standard InChI is InChI=1S/C36H25N3Si/c37-26-27-18-20-31(21-19-27)40(29-13-6-2-7-14-29,30-15-8-3-9-16-30)32-22-23-35-34(25-32)33-17-10-24-38-36(33)39(35)28-11-4-1-5-12-28/h1-25H. The van der Waals surface area contributed by atoms with Crippen molar-refractivity contribution in [2.75, 3.05) is 0 Å². The van der Waals surface area contributed by atoms with Crippen molar-refractivity contribution in [2.45, 2.75) is 0 Å². The van der Waals surface area contributed by atoms with E-state index >= 15 is 0 Å². The molecule has 0 unspecified atom stereocenters. The number of nitriles is 1. The van der Waals surface area contributed by atoms with Crippen molar-refractivity contribution >= 4 is 50.8 Å². The summed E-state index contributed by atoms with van der Waals surface area (Å²) in [5.74, 6) is 0. The van der Waals surface area contributed by atoms with Crippen LogP contribution in [0.2, 0.25) is 0 Å². The summed E-state index contributed by atoms with van der Waals surface area (Å²) in [5, 5.41) is 17.0. The highest BCUT2D eigenvalue weighted by molar-refractivity contribution is 7.20. The van der Waals surface area contributed by atoms with Crippen LogP contribution in [0.5, 0.6) is 0 Å². The van der Waals surface area contributed by atoms with Crippen molar-refractivity contribution in [3.05, 3.63) is 157 Å². The second-order valence-electron chi connectivity index (χ2n) is 9.95. The van der Waals surface area contributed by atoms with E-state index in [1.165, 1.54) is 26.1 Å². The van der Waals surface area contributed by atoms with Crippen LogP contribution in [0.25, 0.3) is 27.6 Å². The van der Waals surface area contributed by atoms with E-state index in [9.17, 15) is 5.26 Å². The summed E-state index contributed by atoms with van der Waals surface area (Å²) in [5.41, 5.74) is 3.84. The number of hydrogen-bond donors (Lipinski definition) is 0. The van der Waals surface area contributed by atoms with Gasteiger partial charge in [-0.1, -0.05) is 103 Å². The van der Waals surface area contributed by atoms with Crippen LogP contribution in [0.3, 0.4) is 0 Å². The number of fused-ring (bicyclic) bond motifs is 3. The Kier molecular flexibility index (Phi) is 5.85. The maximum Gasteiger partial charge on any atom is 0.179 e. The number of para-hydroxylation sites is 1. The molecule has 0 N–H and O–H groups in total. The molecule has 5 aromatic carbocycles. The summed E-state index contributed by atoms with van der Waals surface area (Å²) in [6, 6.07) is 53.8. The van der Waals surface area contributed by atoms with Crippen LogP contribution in [0.15, 0.2) is 152 Å². The number of pyridine rings is 1. The molecule has 2 heterocycles. The van der Waals surface area contributed by atoms with Crippen molar-refractivity contribution in [1.29, 1.82) is 5.26 Å². The topological polar surface area (TPSA) is 41.6 Å². The summed E-state index contributed by atoms with van der Waals surface area (Å²) in [7, 11) is -2.75. The van der Waals surface area contributed by atoms with Crippen molar-refractivity contribution in [3.8, 4) is 11.8 Å². The molecule has 0 aliphatic rings. The molecular formula is C36H25N3Si. The maximum absolute atomic E-state index is 9.55. The van der Waals surface area contributed by atoms with Gasteiger partial charge in [0, 0.05) is 22.7 Å². The van der Waals surface area contributed by atoms with Crippen LogP contribution < -0.4 is 20.7 Å². The van der Waals surface area contributed by atoms with Gasteiger partial charge in [0.1, 0.15) is 5.65 Å². The number of rotatable bonds is 5. The first-order chi connectivity index (χ1) is 19.8. The molecule has 0 amide bonds. The van der Waals surface area contributed by atoms with Crippen LogP contribution in [-0.4, -0.2) is 17.6 Å². The Hall–Kier alpha value is -5.24. The highest BCUT2D eigenvalue weighted by atomic mass is 28.3. The van der Waals surface area contributed by atoms with Gasteiger partial charge in [-0.05, 0) is 63.2 Å². The first-order valence-corrected chi connectivity index (χ1v) is 15.4. The van der Waals surface area contributed by atoms with Gasteiger partial charge in [-0.3, -0.25) is 4.57 Å². The Morgan fingerprint density at radius 1 is 0.550 bits per heavy atom. The van der Waals surface area contributed by atoms with E-state index in [0.717, 1.165) is 22.2 Å². The summed E-state index contributed by atoms with van der Waals surface area (Å²) in [4.78, 5) is 4.82. The lowest BCUT2D eigenvalue weighted by Crippen LogP contribution is -2.74. The molecular weight excluding hydrogens is 503 g/mol. The van der Waals surface area contributed by atoms with Gasteiger partial charge < -0.3 is 0 Å². The Morgan fingerprint density at radius 3 is 1.75 bits per heavy atom. The average molecular weight is 528 g/mol. The molecule has 3 nitrogen and oxygen atoms in total. The zero-order chi connectivity index (χ0) is 26.9. The van der Waals surface area contributed by atoms with Gasteiger partial charge in [-0.2, -0.15) is 5.26 Å². The Labute approximate surface area is 234 Å². The summed E-state index contributed by atoms with van der Waals surface area (Å²) in [6.45, 7) is 0. The molecule has 0 spiro atoms. The molecule has 2 aromatic heterocycles. The van der Waals surface area contributed by atoms with Gasteiger partial charge in [0.25, 0.3) is 0 Å². The number of nitrogens with zero attached hydrogens (tertiary/aromatic N) is 3. The van der Waals surface area contributed by atoms with Gasteiger partial charge in [-0.15, -0.1) is 0 Å². The quantitative estimate of drug-likeness (QED) is 0.221. The van der Waals surface area contributed by atoms with Gasteiger partial charge >= 0.3 is 0 Å². The summed E-state index contributed by atoms with van der Waals surface area (Å²) in [6.07, 6.45) is 1.87. The Morgan fingerprint density at radius 2 is 1.12 bits per heavy atom. The third-order valence-electron chi connectivity index (χ3n) is 7.83. The molecule has 4 heteroatoms. The zero-order valence-corrected chi connectivity index (χ0v) is 22.8. The van der Waals surface area contributed by atoms with Gasteiger partial charge in [0.05, 0.1) is 17.1 Å². The fourth-order valence-corrected chi connectivity index (χ4v) is 10.8. The van der Waals surface area contributed by atoms with Crippen molar-refractivity contribution in [3.63, 3.8) is 0 Å². The first kappa shape index (κ1) is 23.8. The fourth-order valence-electron chi connectivity index (χ4n) is 6.09. The minimum Gasteiger partial charge on any atom is -0.294 e. The van der Waals surface area contributed by atoms with Gasteiger partial charge in [0.2, 0.25) is 0 Å². The third kappa shape index (κ3) is 3.68. The monoisotopic (exact) mass is 527 g/mol. The van der Waals surface area contributed by atoms with E-state index in [1.54, 1.807) is 0 Å². The molecule has 0 atom stereocenters. The van der Waals surface area contributed by atoms with E-state index in [2.05, 4.69) is 132 Å². The van der Waals surface area contributed by atoms with Crippen LogP contribution in [0, 0.1) is 11.3 Å². The SMILES string of the molecule is N#Cc1ccc([Si](c2ccccc2)(c2ccccc2)c2ccc3c(c2)c2cccnc2n3-c2ccccc2)cc1. The van der Waals surface area contributed by atoms with E-state index in [4.69, 9.17) is 4.98 Å².